The van der Waals surface area contributed by atoms with Crippen molar-refractivity contribution in [3.05, 3.63) is 146 Å². The van der Waals surface area contributed by atoms with Crippen LogP contribution in [0.25, 0.3) is 0 Å². The smallest absolute Gasteiger partial charge is 0.306 e. The van der Waals surface area contributed by atoms with Crippen molar-refractivity contribution in [2.75, 3.05) is 13.2 Å². The number of rotatable bonds is 45. The van der Waals surface area contributed by atoms with E-state index in [1.807, 2.05) is 66.8 Å². The fourth-order valence-corrected chi connectivity index (χ4v) is 6.57. The molecule has 0 rings (SSSR count). The molecule has 0 spiro atoms. The van der Waals surface area contributed by atoms with E-state index in [1.54, 1.807) is 0 Å². The molecule has 1 atom stereocenters. The quantitative estimate of drug-likeness (QED) is 0.0199. The van der Waals surface area contributed by atoms with E-state index in [1.165, 1.54) is 51.4 Å². The fraction of sp³-hybridized carbons (Fsp3) is 0.557. The maximum atomic E-state index is 12.8. The van der Waals surface area contributed by atoms with Crippen molar-refractivity contribution in [2.45, 2.75) is 207 Å². The monoisotopic (exact) mass is 923 g/mol. The summed E-state index contributed by atoms with van der Waals surface area (Å²) in [5.41, 5.74) is 0. The highest BCUT2D eigenvalue weighted by molar-refractivity contribution is 5.71. The van der Waals surface area contributed by atoms with Gasteiger partial charge in [0.2, 0.25) is 0 Å². The summed E-state index contributed by atoms with van der Waals surface area (Å²) in [4.78, 5) is 38.0. The van der Waals surface area contributed by atoms with Gasteiger partial charge < -0.3 is 14.2 Å². The molecule has 0 aliphatic rings. The largest absolute Gasteiger partial charge is 0.462 e. The first kappa shape index (κ1) is 62.3. The molecule has 0 bridgehead atoms. The maximum absolute atomic E-state index is 12.8. The van der Waals surface area contributed by atoms with Crippen LogP contribution in [0.2, 0.25) is 0 Å². The van der Waals surface area contributed by atoms with Crippen LogP contribution in [0.15, 0.2) is 146 Å². The van der Waals surface area contributed by atoms with E-state index < -0.39 is 6.10 Å². The molecule has 0 aliphatic heterocycles. The maximum Gasteiger partial charge on any atom is 0.306 e. The van der Waals surface area contributed by atoms with E-state index >= 15 is 0 Å². The summed E-state index contributed by atoms with van der Waals surface area (Å²) in [6, 6.07) is 0. The van der Waals surface area contributed by atoms with Gasteiger partial charge in [-0.05, 0) is 96.3 Å². The summed E-state index contributed by atoms with van der Waals surface area (Å²) in [5, 5.41) is 0. The summed E-state index contributed by atoms with van der Waals surface area (Å²) in [6.07, 6.45) is 77.0. The van der Waals surface area contributed by atoms with Gasteiger partial charge in [0.25, 0.3) is 0 Å². The van der Waals surface area contributed by atoms with Crippen molar-refractivity contribution in [3.63, 3.8) is 0 Å². The molecule has 0 saturated heterocycles. The third-order valence-electron chi connectivity index (χ3n) is 10.5. The van der Waals surface area contributed by atoms with Crippen molar-refractivity contribution >= 4 is 17.9 Å². The number of hydrogen-bond acceptors (Lipinski definition) is 6. The average Bonchev–Trinajstić information content (AvgIpc) is 3.33. The minimum absolute atomic E-state index is 0.127. The Morgan fingerprint density at radius 2 is 0.687 bits per heavy atom. The Morgan fingerprint density at radius 1 is 0.328 bits per heavy atom. The highest BCUT2D eigenvalue weighted by Gasteiger charge is 2.19. The molecular weight excluding hydrogens is 829 g/mol. The van der Waals surface area contributed by atoms with E-state index in [2.05, 4.69) is 99.8 Å². The SMILES string of the molecule is CC\C=C/C=C\C=C/C=C\C=C\C=C/CCCCCC(=O)OC(COC(=O)CC/C=C\C/C=C\CCCCCCCC)COC(=O)CCCCCCCC/C=C\C/C=C\C/C=C\C/C=C\CC. The third-order valence-corrected chi connectivity index (χ3v) is 10.5. The summed E-state index contributed by atoms with van der Waals surface area (Å²) in [5.74, 6) is -1.07. The van der Waals surface area contributed by atoms with Crippen LogP contribution < -0.4 is 0 Å². The number of ether oxygens (including phenoxy) is 3. The number of carbonyl (C=O) groups is 3. The highest BCUT2D eigenvalue weighted by Crippen LogP contribution is 2.12. The standard InChI is InChI=1S/C61H94O6/c1-4-7-10-13-16-19-22-25-27-29-30-32-33-36-39-42-45-48-51-54-60(63)66-57-58(56-65-59(62)53-50-47-44-41-38-35-24-21-18-15-12-9-6-3)67-61(64)55-52-49-46-43-40-37-34-31-28-26-23-20-17-14-11-8-5-2/h7-8,10-11,14,16-17,19-20,23,25-28,30-32,34-35,37-38,40,44,47,58H,4-6,9,12-13,15,18,21-22,24,29,33,36,39,41-43,45-46,48-57H2,1-3H3/b10-7-,11-8-,17-14-,19-16-,23-20-,27-25-,28-26-,32-30-,34-31+,38-35-,40-37-,47-44-. The first-order chi connectivity index (χ1) is 33.0. The van der Waals surface area contributed by atoms with Gasteiger partial charge in [0, 0.05) is 19.3 Å². The Bertz CT molecular complexity index is 1530. The van der Waals surface area contributed by atoms with Gasteiger partial charge in [-0.2, -0.15) is 0 Å². The van der Waals surface area contributed by atoms with E-state index in [-0.39, 0.29) is 44.0 Å². The Labute approximate surface area is 410 Å². The molecule has 1 unspecified atom stereocenters. The van der Waals surface area contributed by atoms with Gasteiger partial charge in [-0.1, -0.05) is 231 Å². The van der Waals surface area contributed by atoms with E-state index in [4.69, 9.17) is 14.2 Å². The molecule has 6 heteroatoms. The topological polar surface area (TPSA) is 78.9 Å². The molecule has 67 heavy (non-hydrogen) atoms. The number of esters is 3. The van der Waals surface area contributed by atoms with Gasteiger partial charge in [0.05, 0.1) is 0 Å². The highest BCUT2D eigenvalue weighted by atomic mass is 16.6. The van der Waals surface area contributed by atoms with Gasteiger partial charge in [-0.25, -0.2) is 0 Å². The van der Waals surface area contributed by atoms with Crippen LogP contribution in [0.5, 0.6) is 0 Å². The van der Waals surface area contributed by atoms with Gasteiger partial charge in [0.15, 0.2) is 6.10 Å². The van der Waals surface area contributed by atoms with E-state index in [9.17, 15) is 14.4 Å². The lowest BCUT2D eigenvalue weighted by atomic mass is 10.1. The zero-order valence-electron chi connectivity index (χ0n) is 42.6. The van der Waals surface area contributed by atoms with Crippen LogP contribution in [0.4, 0.5) is 0 Å². The van der Waals surface area contributed by atoms with Crippen LogP contribution in [0, 0.1) is 0 Å². The lowest BCUT2D eigenvalue weighted by Gasteiger charge is -2.18. The minimum atomic E-state index is -0.836. The van der Waals surface area contributed by atoms with Crippen molar-refractivity contribution in [3.8, 4) is 0 Å². The molecule has 0 aromatic rings. The summed E-state index contributed by atoms with van der Waals surface area (Å²) in [6.45, 7) is 6.25. The second-order valence-electron chi connectivity index (χ2n) is 16.8. The van der Waals surface area contributed by atoms with Crippen molar-refractivity contribution in [2.24, 2.45) is 0 Å². The fourth-order valence-electron chi connectivity index (χ4n) is 6.57. The molecule has 0 aliphatic carbocycles. The molecular formula is C61H94O6. The molecule has 6 nitrogen and oxygen atoms in total. The van der Waals surface area contributed by atoms with Gasteiger partial charge in [0.1, 0.15) is 13.2 Å². The number of allylic oxidation sites excluding steroid dienone is 24. The predicted octanol–water partition coefficient (Wildman–Crippen LogP) is 17.6. The first-order valence-electron chi connectivity index (χ1n) is 26.4. The second-order valence-corrected chi connectivity index (χ2v) is 16.8. The summed E-state index contributed by atoms with van der Waals surface area (Å²) >= 11 is 0. The first-order valence-corrected chi connectivity index (χ1v) is 26.4. The Kier molecular flexibility index (Phi) is 50.1. The molecule has 0 aromatic heterocycles. The van der Waals surface area contributed by atoms with Crippen LogP contribution in [0.1, 0.15) is 201 Å². The molecule has 0 aromatic carbocycles. The van der Waals surface area contributed by atoms with Crippen LogP contribution in [-0.4, -0.2) is 37.2 Å². The molecule has 374 valence electrons. The molecule has 0 radical (unpaired) electrons. The van der Waals surface area contributed by atoms with Crippen LogP contribution in [-0.2, 0) is 28.6 Å². The summed E-state index contributed by atoms with van der Waals surface area (Å²) < 4.78 is 16.7. The predicted molar refractivity (Wildman–Crippen MR) is 288 cm³/mol. The normalized spacial score (nSPS) is 13.3. The van der Waals surface area contributed by atoms with Crippen LogP contribution >= 0.6 is 0 Å². The van der Waals surface area contributed by atoms with E-state index in [0.29, 0.717) is 19.3 Å². The van der Waals surface area contributed by atoms with Gasteiger partial charge in [-0.15, -0.1) is 0 Å². The molecule has 0 saturated carbocycles. The Balaban J connectivity index is 4.58. The average molecular weight is 923 g/mol. The van der Waals surface area contributed by atoms with Crippen molar-refractivity contribution in [1.82, 2.24) is 0 Å². The Hall–Kier alpha value is -4.71. The Morgan fingerprint density at radius 3 is 1.19 bits per heavy atom. The molecule has 0 amide bonds. The van der Waals surface area contributed by atoms with Crippen LogP contribution in [0.3, 0.4) is 0 Å². The number of hydrogen-bond donors (Lipinski definition) is 0. The van der Waals surface area contributed by atoms with E-state index in [0.717, 1.165) is 96.3 Å². The lowest BCUT2D eigenvalue weighted by molar-refractivity contribution is -0.166. The zero-order chi connectivity index (χ0) is 48.6. The zero-order valence-corrected chi connectivity index (χ0v) is 42.6. The van der Waals surface area contributed by atoms with Gasteiger partial charge >= 0.3 is 17.9 Å². The minimum Gasteiger partial charge on any atom is -0.462 e. The number of carbonyl (C=O) groups excluding carboxylic acids is 3. The second kappa shape index (κ2) is 53.9. The number of unbranched alkanes of at least 4 members (excludes halogenated alkanes) is 15. The summed E-state index contributed by atoms with van der Waals surface area (Å²) in [7, 11) is 0. The van der Waals surface area contributed by atoms with Crippen molar-refractivity contribution in [1.29, 1.82) is 0 Å². The van der Waals surface area contributed by atoms with Gasteiger partial charge in [-0.3, -0.25) is 14.4 Å². The molecule has 0 heterocycles. The van der Waals surface area contributed by atoms with Crippen molar-refractivity contribution < 1.29 is 28.6 Å². The molecule has 0 fully saturated rings. The third kappa shape index (κ3) is 52.1. The molecule has 0 N–H and O–H groups in total. The lowest BCUT2D eigenvalue weighted by Crippen LogP contribution is -2.30.